The Morgan fingerprint density at radius 1 is 1.10 bits per heavy atom. The molecule has 0 saturated carbocycles. The van der Waals surface area contributed by atoms with Gasteiger partial charge in [0.1, 0.15) is 11.5 Å². The number of carbonyl (C=O) groups excluding carboxylic acids is 2. The number of carbonyl (C=O) groups is 2. The first kappa shape index (κ1) is 20.3. The lowest BCUT2D eigenvalue weighted by atomic mass is 10.1. The fraction of sp³-hybridized carbons (Fsp3) is 0.217. The van der Waals surface area contributed by atoms with Crippen LogP contribution in [0.15, 0.2) is 45.3 Å². The van der Waals surface area contributed by atoms with E-state index in [1.54, 1.807) is 44.2 Å². The van der Waals surface area contributed by atoms with E-state index < -0.39 is 5.97 Å². The van der Waals surface area contributed by atoms with Gasteiger partial charge < -0.3 is 19.0 Å². The second-order valence-corrected chi connectivity index (χ2v) is 7.08. The quantitative estimate of drug-likeness (QED) is 0.461. The number of nitrogens with zero attached hydrogens (tertiary/aromatic N) is 2. The summed E-state index contributed by atoms with van der Waals surface area (Å²) in [4.78, 5) is 29.5. The molecule has 1 amide bonds. The zero-order valence-corrected chi connectivity index (χ0v) is 17.6. The largest absolute Gasteiger partial charge is 0.466 e. The van der Waals surface area contributed by atoms with Crippen LogP contribution in [-0.2, 0) is 4.74 Å². The Kier molecular flexibility index (Phi) is 5.29. The molecule has 158 valence electrons. The molecule has 0 aliphatic rings. The zero-order valence-electron chi connectivity index (χ0n) is 17.6. The van der Waals surface area contributed by atoms with E-state index in [9.17, 15) is 9.59 Å². The molecular formula is C23H21N3O5. The summed E-state index contributed by atoms with van der Waals surface area (Å²) in [5.41, 5.74) is 3.50. The number of rotatable bonds is 5. The molecule has 0 radical (unpaired) electrons. The molecule has 31 heavy (non-hydrogen) atoms. The van der Waals surface area contributed by atoms with Gasteiger partial charge >= 0.3 is 5.97 Å². The summed E-state index contributed by atoms with van der Waals surface area (Å²) < 4.78 is 15.9. The Hall–Kier alpha value is -3.94. The Labute approximate surface area is 178 Å². The predicted molar refractivity (Wildman–Crippen MR) is 114 cm³/mol. The maximum absolute atomic E-state index is 13.1. The molecule has 0 spiro atoms. The number of pyridine rings is 1. The summed E-state index contributed by atoms with van der Waals surface area (Å²) in [6.07, 6.45) is 0. The van der Waals surface area contributed by atoms with E-state index in [0.29, 0.717) is 46.0 Å². The molecule has 1 aromatic carbocycles. The van der Waals surface area contributed by atoms with Gasteiger partial charge in [-0.25, -0.2) is 9.78 Å². The summed E-state index contributed by atoms with van der Waals surface area (Å²) in [5, 5.41) is 7.36. The molecule has 0 atom stereocenters. The number of aryl methyl sites for hydroxylation is 3. The van der Waals surface area contributed by atoms with Crippen molar-refractivity contribution >= 4 is 28.7 Å². The van der Waals surface area contributed by atoms with E-state index in [4.69, 9.17) is 13.7 Å². The van der Waals surface area contributed by atoms with Gasteiger partial charge in [-0.2, -0.15) is 0 Å². The van der Waals surface area contributed by atoms with Crippen LogP contribution in [0, 0.1) is 20.8 Å². The van der Waals surface area contributed by atoms with Gasteiger partial charge in [0.2, 0.25) is 0 Å². The van der Waals surface area contributed by atoms with Crippen LogP contribution < -0.4 is 5.32 Å². The molecule has 0 fully saturated rings. The van der Waals surface area contributed by atoms with Crippen LogP contribution in [0.5, 0.6) is 0 Å². The first-order valence-corrected chi connectivity index (χ1v) is 9.80. The molecule has 3 aromatic heterocycles. The highest BCUT2D eigenvalue weighted by Gasteiger charge is 2.21. The van der Waals surface area contributed by atoms with Gasteiger partial charge in [-0.05, 0) is 64.1 Å². The number of anilines is 1. The van der Waals surface area contributed by atoms with Gasteiger partial charge in [-0.15, -0.1) is 0 Å². The number of hydrogen-bond donors (Lipinski definition) is 1. The Balaban J connectivity index is 1.69. The third-order valence-electron chi connectivity index (χ3n) is 4.83. The van der Waals surface area contributed by atoms with E-state index in [1.807, 2.05) is 19.9 Å². The highest BCUT2D eigenvalue weighted by molar-refractivity contribution is 6.13. The monoisotopic (exact) mass is 419 g/mol. The number of benzene rings is 1. The second kappa shape index (κ2) is 8.06. The average molecular weight is 419 g/mol. The summed E-state index contributed by atoms with van der Waals surface area (Å²) in [7, 11) is 0. The van der Waals surface area contributed by atoms with Crippen LogP contribution in [0.1, 0.15) is 44.9 Å². The Bertz CT molecular complexity index is 1280. The van der Waals surface area contributed by atoms with E-state index >= 15 is 0 Å². The van der Waals surface area contributed by atoms with Crippen molar-refractivity contribution in [1.82, 2.24) is 10.1 Å². The lowest BCUT2D eigenvalue weighted by Crippen LogP contribution is -2.13. The van der Waals surface area contributed by atoms with Crippen molar-refractivity contribution in [3.8, 4) is 11.3 Å². The lowest BCUT2D eigenvalue weighted by molar-refractivity contribution is 0.0526. The first-order valence-electron chi connectivity index (χ1n) is 9.80. The van der Waals surface area contributed by atoms with Gasteiger partial charge in [0.25, 0.3) is 11.6 Å². The van der Waals surface area contributed by atoms with Gasteiger partial charge in [0.05, 0.1) is 34.5 Å². The number of amides is 1. The number of furan rings is 1. The standard InChI is InChI=1S/C23H21N3O5/c1-5-29-23(28)15-6-8-16(9-7-15)24-21(27)18-11-19(17-10-12(2)30-14(17)4)25-22-20(18)13(3)26-31-22/h6-11H,5H2,1-4H3,(H,24,27). The van der Waals surface area contributed by atoms with Crippen LogP contribution in [0.3, 0.4) is 0 Å². The molecule has 0 aliphatic heterocycles. The molecule has 0 bridgehead atoms. The molecule has 0 unspecified atom stereocenters. The topological polar surface area (TPSA) is 107 Å². The SMILES string of the molecule is CCOC(=O)c1ccc(NC(=O)c2cc(-c3cc(C)oc3C)nc3onc(C)c23)cc1. The van der Waals surface area contributed by atoms with Crippen molar-refractivity contribution in [1.29, 1.82) is 0 Å². The number of esters is 1. The molecule has 4 rings (SSSR count). The van der Waals surface area contributed by atoms with Crippen LogP contribution >= 0.6 is 0 Å². The molecule has 8 heteroatoms. The highest BCUT2D eigenvalue weighted by Crippen LogP contribution is 2.30. The van der Waals surface area contributed by atoms with Gasteiger partial charge in [0.15, 0.2) is 0 Å². The highest BCUT2D eigenvalue weighted by atomic mass is 16.5. The zero-order chi connectivity index (χ0) is 22.1. The van der Waals surface area contributed by atoms with Crippen LogP contribution in [0.4, 0.5) is 5.69 Å². The maximum Gasteiger partial charge on any atom is 0.338 e. The molecular weight excluding hydrogens is 398 g/mol. The Morgan fingerprint density at radius 2 is 1.84 bits per heavy atom. The maximum atomic E-state index is 13.1. The fourth-order valence-electron chi connectivity index (χ4n) is 3.40. The molecule has 4 aromatic rings. The number of fused-ring (bicyclic) bond motifs is 1. The number of ether oxygens (including phenoxy) is 1. The molecule has 0 aliphatic carbocycles. The third-order valence-corrected chi connectivity index (χ3v) is 4.83. The van der Waals surface area contributed by atoms with E-state index in [2.05, 4.69) is 15.5 Å². The Morgan fingerprint density at radius 3 is 2.48 bits per heavy atom. The van der Waals surface area contributed by atoms with Crippen molar-refractivity contribution in [2.75, 3.05) is 11.9 Å². The van der Waals surface area contributed by atoms with Crippen LogP contribution in [-0.4, -0.2) is 28.6 Å². The first-order chi connectivity index (χ1) is 14.9. The van der Waals surface area contributed by atoms with Crippen molar-refractivity contribution < 1.29 is 23.3 Å². The van der Waals surface area contributed by atoms with E-state index in [1.165, 1.54) is 0 Å². The van der Waals surface area contributed by atoms with Crippen molar-refractivity contribution in [2.45, 2.75) is 27.7 Å². The average Bonchev–Trinajstić information content (AvgIpc) is 3.29. The summed E-state index contributed by atoms with van der Waals surface area (Å²) in [6.45, 7) is 7.48. The predicted octanol–water partition coefficient (Wildman–Crippen LogP) is 4.84. The third kappa shape index (κ3) is 3.92. The lowest BCUT2D eigenvalue weighted by Gasteiger charge is -2.09. The van der Waals surface area contributed by atoms with E-state index in [0.717, 1.165) is 11.3 Å². The molecule has 1 N–H and O–H groups in total. The van der Waals surface area contributed by atoms with Crippen LogP contribution in [0.25, 0.3) is 22.4 Å². The number of nitrogens with one attached hydrogen (secondary N) is 1. The fourth-order valence-corrected chi connectivity index (χ4v) is 3.40. The second-order valence-electron chi connectivity index (χ2n) is 7.08. The van der Waals surface area contributed by atoms with E-state index in [-0.39, 0.29) is 11.6 Å². The number of aromatic nitrogens is 2. The minimum absolute atomic E-state index is 0.274. The van der Waals surface area contributed by atoms with Crippen molar-refractivity contribution in [3.63, 3.8) is 0 Å². The molecule has 3 heterocycles. The van der Waals surface area contributed by atoms with Crippen LogP contribution in [0.2, 0.25) is 0 Å². The van der Waals surface area contributed by atoms with Gasteiger partial charge in [-0.1, -0.05) is 5.16 Å². The van der Waals surface area contributed by atoms with Gasteiger partial charge in [0, 0.05) is 11.3 Å². The molecule has 8 nitrogen and oxygen atoms in total. The normalized spacial score (nSPS) is 11.0. The molecule has 0 saturated heterocycles. The van der Waals surface area contributed by atoms with Gasteiger partial charge in [-0.3, -0.25) is 4.79 Å². The summed E-state index contributed by atoms with van der Waals surface area (Å²) in [6, 6.07) is 10.1. The minimum atomic E-state index is -0.410. The van der Waals surface area contributed by atoms with Crippen molar-refractivity contribution in [3.05, 3.63) is 64.7 Å². The smallest absolute Gasteiger partial charge is 0.338 e. The summed E-state index contributed by atoms with van der Waals surface area (Å²) >= 11 is 0. The van der Waals surface area contributed by atoms with Crippen molar-refractivity contribution in [2.24, 2.45) is 0 Å². The number of hydrogen-bond acceptors (Lipinski definition) is 7. The summed E-state index contributed by atoms with van der Waals surface area (Å²) in [5.74, 6) is 0.686. The minimum Gasteiger partial charge on any atom is -0.466 e.